The van der Waals surface area contributed by atoms with Gasteiger partial charge in [-0.3, -0.25) is 4.57 Å². The fraction of sp³-hybridized carbons (Fsp3) is 1.00. The topological polar surface area (TPSA) is 52.3 Å². The Kier molecular flexibility index (Phi) is 13.3. The molecule has 14 heavy (non-hydrogen) atoms. The molecule has 3 nitrogen and oxygen atoms in total. The molecule has 0 fully saturated rings. The standard InChI is InChI=1S/C8H20NO2P.C2H6/c1-12(2,10)11-8-6-4-3-5-7-9;1-2/h3-9H2,1-2H3;1-2H3. The van der Waals surface area contributed by atoms with Gasteiger partial charge in [-0.25, -0.2) is 0 Å². The minimum atomic E-state index is -2.25. The van der Waals surface area contributed by atoms with Crippen LogP contribution in [0.1, 0.15) is 39.5 Å². The Balaban J connectivity index is 0. The van der Waals surface area contributed by atoms with E-state index in [1.54, 1.807) is 13.3 Å². The first-order chi connectivity index (χ1) is 6.56. The molecule has 0 rings (SSSR count). The summed E-state index contributed by atoms with van der Waals surface area (Å²) in [5, 5.41) is 0. The quantitative estimate of drug-likeness (QED) is 0.533. The Morgan fingerprint density at radius 3 is 2.00 bits per heavy atom. The fourth-order valence-corrected chi connectivity index (χ4v) is 1.45. The lowest BCUT2D eigenvalue weighted by atomic mass is 10.2. The molecule has 0 saturated carbocycles. The highest BCUT2D eigenvalue weighted by atomic mass is 31.2. The highest BCUT2D eigenvalue weighted by Gasteiger charge is 2.04. The molecule has 0 aromatic rings. The van der Waals surface area contributed by atoms with E-state index in [4.69, 9.17) is 10.3 Å². The van der Waals surface area contributed by atoms with E-state index < -0.39 is 7.37 Å². The lowest BCUT2D eigenvalue weighted by Gasteiger charge is -2.07. The van der Waals surface area contributed by atoms with Gasteiger partial charge in [0.05, 0.1) is 6.61 Å². The van der Waals surface area contributed by atoms with Gasteiger partial charge in [-0.15, -0.1) is 0 Å². The average molecular weight is 223 g/mol. The Morgan fingerprint density at radius 2 is 1.57 bits per heavy atom. The van der Waals surface area contributed by atoms with E-state index in [0.29, 0.717) is 6.61 Å². The van der Waals surface area contributed by atoms with E-state index in [-0.39, 0.29) is 0 Å². The van der Waals surface area contributed by atoms with Gasteiger partial charge < -0.3 is 10.3 Å². The van der Waals surface area contributed by atoms with Gasteiger partial charge in [0.1, 0.15) is 0 Å². The van der Waals surface area contributed by atoms with Gasteiger partial charge in [0.15, 0.2) is 7.37 Å². The molecule has 88 valence electrons. The van der Waals surface area contributed by atoms with Crippen LogP contribution in [-0.2, 0) is 9.09 Å². The highest BCUT2D eigenvalue weighted by molar-refractivity contribution is 7.57. The van der Waals surface area contributed by atoms with Gasteiger partial charge in [0.2, 0.25) is 0 Å². The van der Waals surface area contributed by atoms with Crippen LogP contribution in [0.5, 0.6) is 0 Å². The van der Waals surface area contributed by atoms with E-state index in [2.05, 4.69) is 0 Å². The zero-order chi connectivity index (χ0) is 11.4. The van der Waals surface area contributed by atoms with Crippen molar-refractivity contribution in [1.82, 2.24) is 0 Å². The normalized spacial score (nSPS) is 10.6. The molecule has 0 radical (unpaired) electrons. The minimum absolute atomic E-state index is 0.620. The Morgan fingerprint density at radius 1 is 1.07 bits per heavy atom. The largest absolute Gasteiger partial charge is 0.330 e. The first-order valence-electron chi connectivity index (χ1n) is 5.46. The predicted octanol–water partition coefficient (Wildman–Crippen LogP) is 3.09. The van der Waals surface area contributed by atoms with E-state index in [9.17, 15) is 4.57 Å². The maximum Gasteiger partial charge on any atom is 0.197 e. The van der Waals surface area contributed by atoms with Crippen LogP contribution >= 0.6 is 7.37 Å². The van der Waals surface area contributed by atoms with Crippen LogP contribution in [0.3, 0.4) is 0 Å². The second-order valence-electron chi connectivity index (χ2n) is 3.29. The summed E-state index contributed by atoms with van der Waals surface area (Å²) in [7, 11) is -2.25. The summed E-state index contributed by atoms with van der Waals surface area (Å²) in [6, 6.07) is 0. The molecule has 0 aliphatic carbocycles. The Labute approximate surface area is 88.9 Å². The van der Waals surface area contributed by atoms with Crippen molar-refractivity contribution in [3.8, 4) is 0 Å². The third-order valence-corrected chi connectivity index (χ3v) is 2.31. The maximum absolute atomic E-state index is 11.1. The van der Waals surface area contributed by atoms with Crippen molar-refractivity contribution < 1.29 is 9.09 Å². The van der Waals surface area contributed by atoms with Gasteiger partial charge in [-0.1, -0.05) is 26.7 Å². The van der Waals surface area contributed by atoms with Crippen LogP contribution in [0, 0.1) is 0 Å². The van der Waals surface area contributed by atoms with Crippen LogP contribution < -0.4 is 5.73 Å². The molecule has 0 amide bonds. The molecular weight excluding hydrogens is 197 g/mol. The van der Waals surface area contributed by atoms with E-state index in [0.717, 1.165) is 32.2 Å². The molecule has 0 atom stereocenters. The van der Waals surface area contributed by atoms with Crippen molar-refractivity contribution >= 4 is 7.37 Å². The molecule has 0 aliphatic heterocycles. The maximum atomic E-state index is 11.1. The third kappa shape index (κ3) is 18.0. The molecular formula is C10H26NO2P. The second-order valence-corrected chi connectivity index (χ2v) is 6.05. The van der Waals surface area contributed by atoms with Gasteiger partial charge in [0.25, 0.3) is 0 Å². The second kappa shape index (κ2) is 11.2. The average Bonchev–Trinajstić information content (AvgIpc) is 2.13. The molecule has 0 aromatic heterocycles. The number of unbranched alkanes of at least 4 members (excludes halogenated alkanes) is 3. The molecule has 0 unspecified atom stereocenters. The molecule has 0 saturated heterocycles. The molecule has 2 N–H and O–H groups in total. The Bertz CT molecular complexity index is 145. The monoisotopic (exact) mass is 223 g/mol. The summed E-state index contributed by atoms with van der Waals surface area (Å²) in [6.07, 6.45) is 4.34. The number of nitrogens with two attached hydrogens (primary N) is 1. The number of hydrogen-bond donors (Lipinski definition) is 1. The summed E-state index contributed by atoms with van der Waals surface area (Å²) in [6.45, 7) is 8.68. The van der Waals surface area contributed by atoms with Gasteiger partial charge in [-0.05, 0) is 19.4 Å². The van der Waals surface area contributed by atoms with Crippen molar-refractivity contribution in [3.63, 3.8) is 0 Å². The van der Waals surface area contributed by atoms with Crippen LogP contribution in [0.25, 0.3) is 0 Å². The van der Waals surface area contributed by atoms with Gasteiger partial charge in [0, 0.05) is 13.3 Å². The number of hydrogen-bond acceptors (Lipinski definition) is 3. The lowest BCUT2D eigenvalue weighted by molar-refractivity contribution is 0.308. The molecule has 0 bridgehead atoms. The van der Waals surface area contributed by atoms with Crippen LogP contribution in [0.15, 0.2) is 0 Å². The van der Waals surface area contributed by atoms with Crippen molar-refractivity contribution in [2.75, 3.05) is 26.5 Å². The van der Waals surface area contributed by atoms with Crippen molar-refractivity contribution in [2.45, 2.75) is 39.5 Å². The van der Waals surface area contributed by atoms with E-state index >= 15 is 0 Å². The molecule has 0 aliphatic rings. The predicted molar refractivity (Wildman–Crippen MR) is 64.3 cm³/mol. The molecule has 4 heteroatoms. The van der Waals surface area contributed by atoms with Gasteiger partial charge in [-0.2, -0.15) is 0 Å². The summed E-state index contributed by atoms with van der Waals surface area (Å²) < 4.78 is 16.2. The van der Waals surface area contributed by atoms with Crippen LogP contribution in [0.4, 0.5) is 0 Å². The van der Waals surface area contributed by atoms with E-state index in [1.165, 1.54) is 0 Å². The zero-order valence-electron chi connectivity index (χ0n) is 10.1. The third-order valence-electron chi connectivity index (χ3n) is 1.50. The lowest BCUT2D eigenvalue weighted by Crippen LogP contribution is -1.98. The first kappa shape index (κ1) is 16.6. The number of rotatable bonds is 7. The molecule has 0 spiro atoms. The summed E-state index contributed by atoms with van der Waals surface area (Å²) in [5.41, 5.74) is 5.34. The smallest absolute Gasteiger partial charge is 0.197 e. The van der Waals surface area contributed by atoms with Crippen LogP contribution in [-0.4, -0.2) is 26.5 Å². The van der Waals surface area contributed by atoms with Crippen LogP contribution in [0.2, 0.25) is 0 Å². The van der Waals surface area contributed by atoms with Crippen molar-refractivity contribution in [1.29, 1.82) is 0 Å². The van der Waals surface area contributed by atoms with Gasteiger partial charge >= 0.3 is 0 Å². The molecule has 0 heterocycles. The molecule has 0 aromatic carbocycles. The highest BCUT2D eigenvalue weighted by Crippen LogP contribution is 2.37. The minimum Gasteiger partial charge on any atom is -0.330 e. The fourth-order valence-electron chi connectivity index (χ4n) is 0.884. The Hall–Kier alpha value is 0.150. The summed E-state index contributed by atoms with van der Waals surface area (Å²) in [4.78, 5) is 0. The van der Waals surface area contributed by atoms with Crippen molar-refractivity contribution in [3.05, 3.63) is 0 Å². The van der Waals surface area contributed by atoms with E-state index in [1.807, 2.05) is 13.8 Å². The summed E-state index contributed by atoms with van der Waals surface area (Å²) >= 11 is 0. The first-order valence-corrected chi connectivity index (χ1v) is 7.98. The zero-order valence-corrected chi connectivity index (χ0v) is 11.0. The van der Waals surface area contributed by atoms with Crippen molar-refractivity contribution in [2.24, 2.45) is 5.73 Å². The summed E-state index contributed by atoms with van der Waals surface area (Å²) in [5.74, 6) is 0. The SMILES string of the molecule is CC.CP(C)(=O)OCCCCCCN.